The zero-order valence-electron chi connectivity index (χ0n) is 13.3. The van der Waals surface area contributed by atoms with Crippen molar-refractivity contribution < 1.29 is 5.11 Å². The maximum absolute atomic E-state index is 10.5. The van der Waals surface area contributed by atoms with Crippen molar-refractivity contribution in [3.8, 4) is 0 Å². The quantitative estimate of drug-likeness (QED) is 0.854. The maximum atomic E-state index is 10.5. The number of hydrogen-bond donors (Lipinski definition) is 1. The number of nitrogens with zero attached hydrogens (tertiary/aromatic N) is 2. The molecule has 20 heavy (non-hydrogen) atoms. The molecule has 0 saturated carbocycles. The van der Waals surface area contributed by atoms with Gasteiger partial charge in [0.15, 0.2) is 0 Å². The van der Waals surface area contributed by atoms with Crippen LogP contribution in [-0.2, 0) is 6.42 Å². The van der Waals surface area contributed by atoms with Crippen molar-refractivity contribution in [3.63, 3.8) is 0 Å². The molecule has 0 spiro atoms. The number of aliphatic hydroxyl groups excluding tert-OH is 1. The van der Waals surface area contributed by atoms with E-state index >= 15 is 0 Å². The van der Waals surface area contributed by atoms with Crippen molar-refractivity contribution in [2.24, 2.45) is 5.41 Å². The molecule has 112 valence electrons. The van der Waals surface area contributed by atoms with Crippen LogP contribution in [0.4, 0.5) is 0 Å². The molecular formula is C17H28N2O. The van der Waals surface area contributed by atoms with E-state index in [9.17, 15) is 5.11 Å². The van der Waals surface area contributed by atoms with Gasteiger partial charge in [0, 0.05) is 29.5 Å². The van der Waals surface area contributed by atoms with E-state index in [2.05, 4.69) is 43.4 Å². The lowest BCUT2D eigenvalue weighted by atomic mass is 9.75. The van der Waals surface area contributed by atoms with Crippen LogP contribution < -0.4 is 0 Å². The Labute approximate surface area is 122 Å². The van der Waals surface area contributed by atoms with Gasteiger partial charge in [-0.2, -0.15) is 0 Å². The zero-order valence-corrected chi connectivity index (χ0v) is 13.3. The van der Waals surface area contributed by atoms with Gasteiger partial charge in [0.05, 0.1) is 6.10 Å². The second-order valence-corrected chi connectivity index (χ2v) is 7.68. The Bertz CT molecular complexity index is 503. The lowest BCUT2D eigenvalue weighted by Gasteiger charge is -2.37. The van der Waals surface area contributed by atoms with Gasteiger partial charge in [-0.1, -0.05) is 13.8 Å². The number of aryl methyl sites for hydroxylation is 1. The summed E-state index contributed by atoms with van der Waals surface area (Å²) in [5, 5.41) is 10.5. The zero-order chi connectivity index (χ0) is 14.5. The van der Waals surface area contributed by atoms with Crippen molar-refractivity contribution in [2.45, 2.75) is 58.6 Å². The minimum absolute atomic E-state index is 0.204. The molecule has 1 saturated heterocycles. The first-order valence-corrected chi connectivity index (χ1v) is 7.94. The number of rotatable bonds is 1. The highest BCUT2D eigenvalue weighted by Gasteiger charge is 2.35. The van der Waals surface area contributed by atoms with Crippen LogP contribution in [0, 0.1) is 12.3 Å². The molecule has 1 aliphatic carbocycles. The van der Waals surface area contributed by atoms with Crippen LogP contribution in [0.5, 0.6) is 0 Å². The van der Waals surface area contributed by atoms with E-state index in [1.807, 2.05) is 0 Å². The molecule has 1 aromatic rings. The van der Waals surface area contributed by atoms with Gasteiger partial charge in [0.2, 0.25) is 0 Å². The van der Waals surface area contributed by atoms with Crippen molar-refractivity contribution in [2.75, 3.05) is 20.1 Å². The predicted molar refractivity (Wildman–Crippen MR) is 82.0 cm³/mol. The molecule has 0 bridgehead atoms. The normalized spacial score (nSPS) is 30.2. The Morgan fingerprint density at radius 1 is 1.35 bits per heavy atom. The Morgan fingerprint density at radius 3 is 2.80 bits per heavy atom. The van der Waals surface area contributed by atoms with E-state index in [1.165, 1.54) is 36.3 Å². The van der Waals surface area contributed by atoms with Crippen LogP contribution in [0.25, 0.3) is 0 Å². The first-order chi connectivity index (χ1) is 9.37. The van der Waals surface area contributed by atoms with E-state index in [4.69, 9.17) is 0 Å². The molecule has 1 aliphatic heterocycles. The number of piperidine rings is 1. The molecule has 0 aromatic carbocycles. The predicted octanol–water partition coefficient (Wildman–Crippen LogP) is 3.07. The molecule has 3 rings (SSSR count). The first kappa shape index (κ1) is 14.2. The van der Waals surface area contributed by atoms with E-state index in [-0.39, 0.29) is 11.5 Å². The highest BCUT2D eigenvalue weighted by Crippen LogP contribution is 2.43. The largest absolute Gasteiger partial charge is 0.388 e. The highest BCUT2D eigenvalue weighted by molar-refractivity contribution is 5.34. The summed E-state index contributed by atoms with van der Waals surface area (Å²) < 4.78 is 2.54. The Kier molecular flexibility index (Phi) is 3.46. The van der Waals surface area contributed by atoms with Gasteiger partial charge in [-0.3, -0.25) is 0 Å². The van der Waals surface area contributed by atoms with Crippen LogP contribution in [-0.4, -0.2) is 34.7 Å². The van der Waals surface area contributed by atoms with Gasteiger partial charge in [0.25, 0.3) is 0 Å². The molecule has 1 aromatic heterocycles. The van der Waals surface area contributed by atoms with Crippen molar-refractivity contribution in [1.82, 2.24) is 9.47 Å². The van der Waals surface area contributed by atoms with Gasteiger partial charge in [-0.15, -0.1) is 0 Å². The average Bonchev–Trinajstić information content (AvgIpc) is 2.64. The van der Waals surface area contributed by atoms with Crippen LogP contribution in [0.3, 0.4) is 0 Å². The van der Waals surface area contributed by atoms with Crippen LogP contribution in [0.2, 0.25) is 0 Å². The monoisotopic (exact) mass is 276 g/mol. The molecular weight excluding hydrogens is 248 g/mol. The van der Waals surface area contributed by atoms with Gasteiger partial charge >= 0.3 is 0 Å². The van der Waals surface area contributed by atoms with Gasteiger partial charge in [-0.25, -0.2) is 0 Å². The summed E-state index contributed by atoms with van der Waals surface area (Å²) in [5.41, 5.74) is 4.11. The third-order valence-corrected chi connectivity index (χ3v) is 5.08. The van der Waals surface area contributed by atoms with E-state index < -0.39 is 0 Å². The van der Waals surface area contributed by atoms with E-state index in [0.29, 0.717) is 6.04 Å². The molecule has 2 aliphatic rings. The SMILES string of the molecule is Cc1cc2c(n1C1CCCN(C)C1)CC(C)(C)CC2O. The summed E-state index contributed by atoms with van der Waals surface area (Å²) in [7, 11) is 2.22. The molecule has 0 amide bonds. The van der Waals surface area contributed by atoms with Crippen molar-refractivity contribution in [1.29, 1.82) is 0 Å². The minimum atomic E-state index is -0.282. The second kappa shape index (κ2) is 4.88. The minimum Gasteiger partial charge on any atom is -0.388 e. The van der Waals surface area contributed by atoms with Crippen LogP contribution >= 0.6 is 0 Å². The summed E-state index contributed by atoms with van der Waals surface area (Å²) in [6.07, 6.45) is 4.24. The summed E-state index contributed by atoms with van der Waals surface area (Å²) in [4.78, 5) is 2.43. The van der Waals surface area contributed by atoms with Gasteiger partial charge in [-0.05, 0) is 57.7 Å². The lowest BCUT2D eigenvalue weighted by molar-refractivity contribution is 0.0962. The third-order valence-electron chi connectivity index (χ3n) is 5.08. The molecule has 1 N–H and O–H groups in total. The molecule has 3 nitrogen and oxygen atoms in total. The summed E-state index contributed by atoms with van der Waals surface area (Å²) in [5.74, 6) is 0. The molecule has 3 heteroatoms. The lowest BCUT2D eigenvalue weighted by Crippen LogP contribution is -2.36. The number of likely N-dealkylation sites (N-methyl/N-ethyl adjacent to an activating group) is 1. The number of likely N-dealkylation sites (tertiary alicyclic amines) is 1. The fourth-order valence-corrected chi connectivity index (χ4v) is 4.22. The average molecular weight is 276 g/mol. The summed E-state index contributed by atoms with van der Waals surface area (Å²) >= 11 is 0. The maximum Gasteiger partial charge on any atom is 0.0812 e. The topological polar surface area (TPSA) is 28.4 Å². The molecule has 2 atom stereocenters. The molecule has 1 fully saturated rings. The number of aromatic nitrogens is 1. The number of hydrogen-bond acceptors (Lipinski definition) is 2. The van der Waals surface area contributed by atoms with Crippen molar-refractivity contribution >= 4 is 0 Å². The first-order valence-electron chi connectivity index (χ1n) is 7.94. The van der Waals surface area contributed by atoms with E-state index in [1.54, 1.807) is 0 Å². The number of fused-ring (bicyclic) bond motifs is 1. The highest BCUT2D eigenvalue weighted by atomic mass is 16.3. The van der Waals surface area contributed by atoms with Crippen molar-refractivity contribution in [3.05, 3.63) is 23.0 Å². The number of aliphatic hydroxyl groups is 1. The fourth-order valence-electron chi connectivity index (χ4n) is 4.22. The second-order valence-electron chi connectivity index (χ2n) is 7.68. The van der Waals surface area contributed by atoms with E-state index in [0.717, 1.165) is 19.4 Å². The van der Waals surface area contributed by atoms with Gasteiger partial charge < -0.3 is 14.6 Å². The summed E-state index contributed by atoms with van der Waals surface area (Å²) in [6, 6.07) is 2.81. The Hall–Kier alpha value is -0.800. The smallest absolute Gasteiger partial charge is 0.0812 e. The molecule has 2 unspecified atom stereocenters. The standard InChI is InChI=1S/C17H28N2O/c1-12-8-14-15(9-17(2,3)10-16(14)20)19(12)13-6-5-7-18(4)11-13/h8,13,16,20H,5-7,9-11H2,1-4H3. The Morgan fingerprint density at radius 2 is 2.10 bits per heavy atom. The third kappa shape index (κ3) is 2.42. The fraction of sp³-hybridized carbons (Fsp3) is 0.765. The van der Waals surface area contributed by atoms with Crippen LogP contribution in [0.1, 0.15) is 62.2 Å². The molecule has 2 heterocycles. The molecule has 0 radical (unpaired) electrons. The summed E-state index contributed by atoms with van der Waals surface area (Å²) in [6.45, 7) is 9.11. The van der Waals surface area contributed by atoms with Crippen LogP contribution in [0.15, 0.2) is 6.07 Å². The Balaban J connectivity index is 2.00. The van der Waals surface area contributed by atoms with Gasteiger partial charge in [0.1, 0.15) is 0 Å².